The topological polar surface area (TPSA) is 96.0 Å². The Labute approximate surface area is 313 Å². The number of halogens is 5. The maximum absolute atomic E-state index is 17.0. The molecule has 1 amide bonds. The fourth-order valence-corrected chi connectivity index (χ4v) is 9.22. The third-order valence-corrected chi connectivity index (χ3v) is 12.0. The summed E-state index contributed by atoms with van der Waals surface area (Å²) in [6.45, 7) is 5.42. The van der Waals surface area contributed by atoms with Crippen molar-refractivity contribution in [3.05, 3.63) is 65.9 Å². The van der Waals surface area contributed by atoms with Crippen molar-refractivity contribution in [1.29, 1.82) is 0 Å². The average Bonchev–Trinajstić information content (AvgIpc) is 3.77. The molecule has 9 rings (SSSR count). The lowest BCUT2D eigenvalue weighted by atomic mass is 9.94. The van der Waals surface area contributed by atoms with Crippen LogP contribution in [0.15, 0.2) is 48.7 Å². The molecule has 2 aromatic carbocycles. The first-order valence-electron chi connectivity index (χ1n) is 18.5. The number of amides is 1. The Morgan fingerprint density at radius 3 is 2.60 bits per heavy atom. The molecule has 5 saturated heterocycles. The standard InChI is InChI=1S/C40H38F5N7O3/c1-3-28-31(41)10-7-23-5-4-6-29(32(23)28)34-33(42)35-30(14-46-34)36(50-18-25-8-9-26(19-50)47-25)49-37(48-35)55-21-39-12-11-27(52(39)15-22(2)13-39)20-54-38(53)51-16-24(17-51)40(43,44)45/h1,4-7,10,14,24-27,47H,2,8-9,11-13,15-21H2. The van der Waals surface area contributed by atoms with Gasteiger partial charge in [-0.3, -0.25) is 9.88 Å². The Morgan fingerprint density at radius 2 is 1.85 bits per heavy atom. The van der Waals surface area contributed by atoms with Crippen LogP contribution in [0.25, 0.3) is 32.9 Å². The van der Waals surface area contributed by atoms with Crippen molar-refractivity contribution in [2.75, 3.05) is 50.8 Å². The number of piperazine rings is 1. The maximum Gasteiger partial charge on any atom is 0.409 e. The third-order valence-electron chi connectivity index (χ3n) is 12.0. The SMILES string of the molecule is C#Cc1c(F)ccc2cccc(-c3ncc4c(N5CC6CCC(C5)N6)nc(OCC56CCC(COC(=O)N7CC(C(F)(F)F)C7)N5CC(=C)C6)nc4c3F)c12. The van der Waals surface area contributed by atoms with E-state index >= 15 is 4.39 Å². The second-order valence-electron chi connectivity index (χ2n) is 15.5. The minimum absolute atomic E-state index is 0.00620. The van der Waals surface area contributed by atoms with E-state index in [1.54, 1.807) is 30.5 Å². The number of aromatic nitrogens is 3. The van der Waals surface area contributed by atoms with Gasteiger partial charge in [0.1, 0.15) is 36.1 Å². The zero-order valence-electron chi connectivity index (χ0n) is 29.8. The first kappa shape index (κ1) is 35.6. The summed E-state index contributed by atoms with van der Waals surface area (Å²) in [6, 6.07) is 8.36. The van der Waals surface area contributed by atoms with Gasteiger partial charge < -0.3 is 24.6 Å². The number of terminal acetylenes is 1. The van der Waals surface area contributed by atoms with E-state index in [2.05, 4.69) is 37.6 Å². The van der Waals surface area contributed by atoms with E-state index in [4.69, 9.17) is 20.9 Å². The number of carbonyl (C=O) groups excluding carboxylic acids is 1. The molecule has 1 N–H and O–H groups in total. The highest BCUT2D eigenvalue weighted by molar-refractivity contribution is 6.02. The number of nitrogens with one attached hydrogen (secondary N) is 1. The van der Waals surface area contributed by atoms with Crippen LogP contribution in [-0.2, 0) is 4.74 Å². The predicted molar refractivity (Wildman–Crippen MR) is 194 cm³/mol. The van der Waals surface area contributed by atoms with Crippen LogP contribution in [0.2, 0.25) is 0 Å². The van der Waals surface area contributed by atoms with Gasteiger partial charge in [0.25, 0.3) is 0 Å². The Kier molecular flexibility index (Phi) is 8.61. The van der Waals surface area contributed by atoms with Crippen LogP contribution in [0.4, 0.5) is 32.6 Å². The first-order chi connectivity index (χ1) is 26.4. The van der Waals surface area contributed by atoms with E-state index < -0.39 is 48.5 Å². The van der Waals surface area contributed by atoms with Crippen molar-refractivity contribution in [3.63, 3.8) is 0 Å². The first-order valence-corrected chi connectivity index (χ1v) is 18.5. The maximum atomic E-state index is 17.0. The molecule has 4 aromatic rings. The number of hydrogen-bond acceptors (Lipinski definition) is 9. The highest BCUT2D eigenvalue weighted by Gasteiger charge is 2.52. The van der Waals surface area contributed by atoms with E-state index in [0.29, 0.717) is 66.4 Å². The van der Waals surface area contributed by atoms with Gasteiger partial charge in [0.2, 0.25) is 0 Å². The Hall–Kier alpha value is -5.07. The number of pyridine rings is 1. The van der Waals surface area contributed by atoms with Crippen molar-refractivity contribution < 1.29 is 36.2 Å². The quantitative estimate of drug-likeness (QED) is 0.134. The second-order valence-corrected chi connectivity index (χ2v) is 15.5. The molecule has 55 heavy (non-hydrogen) atoms. The molecule has 286 valence electrons. The van der Waals surface area contributed by atoms with Gasteiger partial charge in [-0.05, 0) is 43.6 Å². The average molecular weight is 760 g/mol. The molecule has 2 bridgehead atoms. The van der Waals surface area contributed by atoms with Gasteiger partial charge in [0, 0.05) is 68.0 Å². The van der Waals surface area contributed by atoms with Crippen LogP contribution in [0.3, 0.4) is 0 Å². The molecular formula is C40H38F5N7O3. The molecule has 5 fully saturated rings. The number of anilines is 1. The summed E-state index contributed by atoms with van der Waals surface area (Å²) >= 11 is 0. The molecule has 0 radical (unpaired) electrons. The van der Waals surface area contributed by atoms with Gasteiger partial charge in [-0.2, -0.15) is 23.1 Å². The number of ether oxygens (including phenoxy) is 2. The van der Waals surface area contributed by atoms with Gasteiger partial charge in [0.15, 0.2) is 5.82 Å². The molecule has 5 aliphatic heterocycles. The van der Waals surface area contributed by atoms with Gasteiger partial charge in [0.05, 0.1) is 22.4 Å². The second kappa shape index (κ2) is 13.3. The number of carbonyl (C=O) groups is 1. The Balaban J connectivity index is 1.02. The minimum Gasteiger partial charge on any atom is -0.461 e. The summed E-state index contributed by atoms with van der Waals surface area (Å²) in [5.41, 5.74) is 0.754. The molecule has 5 aliphatic rings. The highest BCUT2D eigenvalue weighted by atomic mass is 19.4. The molecule has 0 aliphatic carbocycles. The summed E-state index contributed by atoms with van der Waals surface area (Å²) < 4.78 is 82.7. The summed E-state index contributed by atoms with van der Waals surface area (Å²) in [5, 5.41) is 5.04. The largest absolute Gasteiger partial charge is 0.461 e. The van der Waals surface area contributed by atoms with Crippen molar-refractivity contribution >= 4 is 33.6 Å². The third kappa shape index (κ3) is 6.19. The molecule has 4 unspecified atom stereocenters. The van der Waals surface area contributed by atoms with Gasteiger partial charge in [-0.1, -0.05) is 42.3 Å². The summed E-state index contributed by atoms with van der Waals surface area (Å²) in [7, 11) is 0. The number of hydrogen-bond donors (Lipinski definition) is 1. The van der Waals surface area contributed by atoms with Crippen LogP contribution in [0.5, 0.6) is 6.01 Å². The van der Waals surface area contributed by atoms with E-state index in [9.17, 15) is 22.4 Å². The Bertz CT molecular complexity index is 2260. The van der Waals surface area contributed by atoms with Gasteiger partial charge in [-0.25, -0.2) is 13.6 Å². The zero-order valence-corrected chi connectivity index (χ0v) is 29.8. The minimum atomic E-state index is -4.34. The van der Waals surface area contributed by atoms with Crippen LogP contribution < -0.4 is 15.0 Å². The zero-order chi connectivity index (χ0) is 38.2. The summed E-state index contributed by atoms with van der Waals surface area (Å²) in [6.07, 6.45) is 6.17. The number of alkyl halides is 3. The van der Waals surface area contributed by atoms with Crippen LogP contribution in [0, 0.1) is 29.9 Å². The van der Waals surface area contributed by atoms with Crippen LogP contribution in [0.1, 0.15) is 37.7 Å². The van der Waals surface area contributed by atoms with Gasteiger partial charge in [-0.15, -0.1) is 6.42 Å². The normalized spacial score (nSPS) is 25.4. The molecule has 7 heterocycles. The fraction of sp³-hybridized carbons (Fsp3) is 0.450. The van der Waals surface area contributed by atoms with Crippen molar-refractivity contribution in [2.24, 2.45) is 5.92 Å². The van der Waals surface area contributed by atoms with E-state index in [1.165, 1.54) is 6.07 Å². The summed E-state index contributed by atoms with van der Waals surface area (Å²) in [5.74, 6) is 0.0824. The molecule has 0 saturated carbocycles. The van der Waals surface area contributed by atoms with Crippen molar-refractivity contribution in [1.82, 2.24) is 30.1 Å². The molecule has 10 nitrogen and oxygen atoms in total. The van der Waals surface area contributed by atoms with E-state index in [-0.39, 0.29) is 54.1 Å². The molecule has 2 aromatic heterocycles. The van der Waals surface area contributed by atoms with Gasteiger partial charge >= 0.3 is 18.3 Å². The Morgan fingerprint density at radius 1 is 1.07 bits per heavy atom. The van der Waals surface area contributed by atoms with Crippen molar-refractivity contribution in [2.45, 2.75) is 61.9 Å². The predicted octanol–water partition coefficient (Wildman–Crippen LogP) is 6.22. The van der Waals surface area contributed by atoms with E-state index in [1.807, 2.05) is 0 Å². The number of rotatable bonds is 7. The highest BCUT2D eigenvalue weighted by Crippen LogP contribution is 2.45. The van der Waals surface area contributed by atoms with Crippen LogP contribution in [-0.4, -0.2) is 107 Å². The fourth-order valence-electron chi connectivity index (χ4n) is 9.22. The summed E-state index contributed by atoms with van der Waals surface area (Å²) in [4.78, 5) is 32.0. The van der Waals surface area contributed by atoms with Crippen LogP contribution >= 0.6 is 0 Å². The molecule has 4 atom stereocenters. The number of likely N-dealkylation sites (tertiary alicyclic amines) is 1. The lowest BCUT2D eigenvalue weighted by Gasteiger charge is -2.39. The smallest absolute Gasteiger partial charge is 0.409 e. The lowest BCUT2D eigenvalue weighted by molar-refractivity contribution is -0.204. The molecular weight excluding hydrogens is 721 g/mol. The number of nitrogens with zero attached hydrogens (tertiary/aromatic N) is 6. The lowest BCUT2D eigenvalue weighted by Crippen LogP contribution is -2.56. The molecule has 0 spiro atoms. The monoisotopic (exact) mass is 759 g/mol. The molecule has 15 heteroatoms. The van der Waals surface area contributed by atoms with Crippen molar-refractivity contribution in [3.8, 4) is 29.6 Å². The number of benzene rings is 2. The van der Waals surface area contributed by atoms with E-state index in [0.717, 1.165) is 23.3 Å². The number of fused-ring (bicyclic) bond motifs is 5.